The molecule has 0 spiro atoms. The normalized spacial score (nSPS) is 17.9. The Morgan fingerprint density at radius 3 is 2.50 bits per heavy atom. The monoisotopic (exact) mass is 313 g/mol. The van der Waals surface area contributed by atoms with Gasteiger partial charge in [0.15, 0.2) is 0 Å². The smallest absolute Gasteiger partial charge is 0.119 e. The average molecular weight is 314 g/mol. The summed E-state index contributed by atoms with van der Waals surface area (Å²) >= 11 is 3.40. The van der Waals surface area contributed by atoms with E-state index < -0.39 is 0 Å². The summed E-state index contributed by atoms with van der Waals surface area (Å²) in [6.45, 7) is 4.19. The molecule has 0 unspecified atom stereocenters. The van der Waals surface area contributed by atoms with Gasteiger partial charge in [-0.25, -0.2) is 0 Å². The van der Waals surface area contributed by atoms with Gasteiger partial charge < -0.3 is 9.84 Å². The molecule has 0 amide bonds. The minimum Gasteiger partial charge on any atom is -0.492 e. The number of likely N-dealkylation sites (tertiary alicyclic amines) is 1. The molecule has 0 saturated carbocycles. The molecule has 1 aliphatic heterocycles. The zero-order valence-corrected chi connectivity index (χ0v) is 12.1. The first-order valence-electron chi connectivity index (χ1n) is 6.49. The summed E-state index contributed by atoms with van der Waals surface area (Å²) in [6.07, 6.45) is 2.21. The molecule has 4 heteroatoms. The zero-order chi connectivity index (χ0) is 12.8. The van der Waals surface area contributed by atoms with Crippen molar-refractivity contribution in [2.24, 2.45) is 5.92 Å². The van der Waals surface area contributed by atoms with Crippen LogP contribution in [0.5, 0.6) is 5.75 Å². The van der Waals surface area contributed by atoms with Crippen molar-refractivity contribution in [3.63, 3.8) is 0 Å². The number of nitrogens with zero attached hydrogens (tertiary/aromatic N) is 1. The number of ether oxygens (including phenoxy) is 1. The SMILES string of the molecule is OCC1CCN(CCOc2ccc(Br)cc2)CC1. The molecule has 18 heavy (non-hydrogen) atoms. The fraction of sp³-hybridized carbons (Fsp3) is 0.571. The summed E-state index contributed by atoms with van der Waals surface area (Å²) in [7, 11) is 0. The lowest BCUT2D eigenvalue weighted by molar-refractivity contribution is 0.119. The molecule has 1 saturated heterocycles. The summed E-state index contributed by atoms with van der Waals surface area (Å²) in [5, 5.41) is 9.08. The zero-order valence-electron chi connectivity index (χ0n) is 10.5. The Labute approximate surface area is 117 Å². The summed E-state index contributed by atoms with van der Waals surface area (Å²) in [6, 6.07) is 7.92. The van der Waals surface area contributed by atoms with Gasteiger partial charge in [-0.05, 0) is 56.1 Å². The first-order valence-corrected chi connectivity index (χ1v) is 7.29. The molecule has 1 N–H and O–H groups in total. The molecule has 0 aromatic heterocycles. The van der Waals surface area contributed by atoms with Crippen LogP contribution in [0.2, 0.25) is 0 Å². The van der Waals surface area contributed by atoms with Crippen molar-refractivity contribution in [3.05, 3.63) is 28.7 Å². The number of aliphatic hydroxyl groups excluding tert-OH is 1. The van der Waals surface area contributed by atoms with E-state index in [9.17, 15) is 0 Å². The van der Waals surface area contributed by atoms with Crippen LogP contribution in [0, 0.1) is 5.92 Å². The van der Waals surface area contributed by atoms with Gasteiger partial charge in [-0.2, -0.15) is 0 Å². The number of benzene rings is 1. The number of piperidine rings is 1. The van der Waals surface area contributed by atoms with Gasteiger partial charge in [-0.15, -0.1) is 0 Å². The Morgan fingerprint density at radius 1 is 1.22 bits per heavy atom. The van der Waals surface area contributed by atoms with Gasteiger partial charge in [-0.1, -0.05) is 15.9 Å². The Bertz CT molecular complexity index is 347. The van der Waals surface area contributed by atoms with Crippen LogP contribution in [0.4, 0.5) is 0 Å². The molecule has 0 radical (unpaired) electrons. The van der Waals surface area contributed by atoms with Crippen LogP contribution < -0.4 is 4.74 Å². The van der Waals surface area contributed by atoms with E-state index >= 15 is 0 Å². The van der Waals surface area contributed by atoms with E-state index in [0.29, 0.717) is 12.5 Å². The minimum atomic E-state index is 0.337. The molecule has 1 aromatic carbocycles. The first kappa shape index (κ1) is 13.8. The van der Waals surface area contributed by atoms with Gasteiger partial charge in [0.1, 0.15) is 12.4 Å². The molecule has 1 aliphatic rings. The maximum atomic E-state index is 9.08. The molecule has 2 rings (SSSR count). The van der Waals surface area contributed by atoms with Crippen LogP contribution in [-0.4, -0.2) is 42.9 Å². The van der Waals surface area contributed by atoms with Crippen LogP contribution in [0.25, 0.3) is 0 Å². The molecule has 1 aromatic rings. The van der Waals surface area contributed by atoms with Crippen molar-refractivity contribution >= 4 is 15.9 Å². The maximum Gasteiger partial charge on any atom is 0.119 e. The molecule has 0 aliphatic carbocycles. The van der Waals surface area contributed by atoms with Crippen LogP contribution in [0.3, 0.4) is 0 Å². The third-order valence-electron chi connectivity index (χ3n) is 3.46. The van der Waals surface area contributed by atoms with Crippen LogP contribution in [0.15, 0.2) is 28.7 Å². The van der Waals surface area contributed by atoms with E-state index in [-0.39, 0.29) is 0 Å². The van der Waals surface area contributed by atoms with Crippen LogP contribution in [-0.2, 0) is 0 Å². The lowest BCUT2D eigenvalue weighted by atomic mass is 9.98. The topological polar surface area (TPSA) is 32.7 Å². The van der Waals surface area contributed by atoms with E-state index in [1.165, 1.54) is 0 Å². The van der Waals surface area contributed by atoms with Crippen molar-refractivity contribution in [1.29, 1.82) is 0 Å². The Morgan fingerprint density at radius 2 is 1.89 bits per heavy atom. The summed E-state index contributed by atoms with van der Waals surface area (Å²) in [4.78, 5) is 2.41. The number of hydrogen-bond donors (Lipinski definition) is 1. The number of aliphatic hydroxyl groups is 1. The van der Waals surface area contributed by atoms with Crippen molar-refractivity contribution in [2.75, 3.05) is 32.8 Å². The Kier molecular flexibility index (Phi) is 5.47. The fourth-order valence-corrected chi connectivity index (χ4v) is 2.48. The van der Waals surface area contributed by atoms with Gasteiger partial charge in [-0.3, -0.25) is 4.90 Å². The second kappa shape index (κ2) is 7.12. The summed E-state index contributed by atoms with van der Waals surface area (Å²) in [5.41, 5.74) is 0. The van der Waals surface area contributed by atoms with E-state index in [0.717, 1.165) is 49.3 Å². The largest absolute Gasteiger partial charge is 0.492 e. The first-order chi connectivity index (χ1) is 8.78. The number of hydrogen-bond acceptors (Lipinski definition) is 3. The lowest BCUT2D eigenvalue weighted by Crippen LogP contribution is -2.37. The van der Waals surface area contributed by atoms with Crippen molar-refractivity contribution in [1.82, 2.24) is 4.90 Å². The molecular formula is C14H20BrNO2. The average Bonchev–Trinajstić information content (AvgIpc) is 2.42. The second-order valence-corrected chi connectivity index (χ2v) is 5.69. The third-order valence-corrected chi connectivity index (χ3v) is 3.98. The highest BCUT2D eigenvalue weighted by Gasteiger charge is 2.17. The molecular weight excluding hydrogens is 294 g/mol. The minimum absolute atomic E-state index is 0.337. The van der Waals surface area contributed by atoms with E-state index in [1.54, 1.807) is 0 Å². The summed E-state index contributed by atoms with van der Waals surface area (Å²) < 4.78 is 6.78. The molecule has 1 heterocycles. The molecule has 0 atom stereocenters. The predicted octanol–water partition coefficient (Wildman–Crippen LogP) is 2.53. The van der Waals surface area contributed by atoms with Gasteiger partial charge >= 0.3 is 0 Å². The maximum absolute atomic E-state index is 9.08. The predicted molar refractivity (Wildman–Crippen MR) is 75.9 cm³/mol. The molecule has 100 valence electrons. The van der Waals surface area contributed by atoms with Crippen LogP contribution >= 0.6 is 15.9 Å². The van der Waals surface area contributed by atoms with Gasteiger partial charge in [0, 0.05) is 17.6 Å². The lowest BCUT2D eigenvalue weighted by Gasteiger charge is -2.30. The molecule has 0 bridgehead atoms. The second-order valence-electron chi connectivity index (χ2n) is 4.77. The highest BCUT2D eigenvalue weighted by molar-refractivity contribution is 9.10. The third kappa shape index (κ3) is 4.26. The van der Waals surface area contributed by atoms with E-state index in [1.807, 2.05) is 24.3 Å². The fourth-order valence-electron chi connectivity index (χ4n) is 2.22. The van der Waals surface area contributed by atoms with Gasteiger partial charge in [0.2, 0.25) is 0 Å². The number of halogens is 1. The van der Waals surface area contributed by atoms with E-state index in [2.05, 4.69) is 20.8 Å². The van der Waals surface area contributed by atoms with Gasteiger partial charge in [0.25, 0.3) is 0 Å². The molecule has 3 nitrogen and oxygen atoms in total. The van der Waals surface area contributed by atoms with Crippen molar-refractivity contribution in [2.45, 2.75) is 12.8 Å². The highest BCUT2D eigenvalue weighted by Crippen LogP contribution is 2.17. The summed E-state index contributed by atoms with van der Waals surface area (Å²) in [5.74, 6) is 1.43. The van der Waals surface area contributed by atoms with Crippen molar-refractivity contribution < 1.29 is 9.84 Å². The quantitative estimate of drug-likeness (QED) is 0.906. The van der Waals surface area contributed by atoms with Crippen molar-refractivity contribution in [3.8, 4) is 5.75 Å². The van der Waals surface area contributed by atoms with Crippen LogP contribution in [0.1, 0.15) is 12.8 Å². The Hall–Kier alpha value is -0.580. The number of rotatable bonds is 5. The van der Waals surface area contributed by atoms with Gasteiger partial charge in [0.05, 0.1) is 0 Å². The van der Waals surface area contributed by atoms with E-state index in [4.69, 9.17) is 9.84 Å². The Balaban J connectivity index is 1.65. The standard InChI is InChI=1S/C14H20BrNO2/c15-13-1-3-14(4-2-13)18-10-9-16-7-5-12(11-17)6-8-16/h1-4,12,17H,5-11H2. The molecule has 1 fully saturated rings. The highest BCUT2D eigenvalue weighted by atomic mass is 79.9.